The third-order valence-electron chi connectivity index (χ3n) is 2.28. The first kappa shape index (κ1) is 12.8. The average Bonchev–Trinajstić information content (AvgIpc) is 2.78. The lowest BCUT2D eigenvalue weighted by molar-refractivity contribution is 0.103. The van der Waals surface area contributed by atoms with E-state index in [2.05, 4.69) is 10.3 Å². The SMILES string of the molecule is CCn1cc(NC(=O)c2cnc(Cl)s2)ccc1=O. The van der Waals surface area contributed by atoms with Crippen molar-refractivity contribution in [2.45, 2.75) is 13.5 Å². The molecule has 2 rings (SSSR count). The number of nitrogens with one attached hydrogen (secondary N) is 1. The van der Waals surface area contributed by atoms with Gasteiger partial charge in [0.2, 0.25) is 0 Å². The molecule has 18 heavy (non-hydrogen) atoms. The van der Waals surface area contributed by atoms with E-state index in [1.54, 1.807) is 12.3 Å². The number of pyridine rings is 1. The van der Waals surface area contributed by atoms with Crippen molar-refractivity contribution < 1.29 is 4.79 Å². The van der Waals surface area contributed by atoms with E-state index in [-0.39, 0.29) is 11.5 Å². The minimum absolute atomic E-state index is 0.101. The van der Waals surface area contributed by atoms with Crippen LogP contribution in [0.1, 0.15) is 16.6 Å². The lowest BCUT2D eigenvalue weighted by Crippen LogP contribution is -2.19. The number of carbonyl (C=O) groups excluding carboxylic acids is 1. The first-order valence-corrected chi connectivity index (χ1v) is 6.42. The van der Waals surface area contributed by atoms with Gasteiger partial charge in [-0.15, -0.1) is 0 Å². The Balaban J connectivity index is 2.19. The lowest BCUT2D eigenvalue weighted by atomic mass is 10.4. The first-order chi connectivity index (χ1) is 8.60. The van der Waals surface area contributed by atoms with Crippen LogP contribution in [0.4, 0.5) is 5.69 Å². The van der Waals surface area contributed by atoms with Gasteiger partial charge >= 0.3 is 0 Å². The molecule has 94 valence electrons. The van der Waals surface area contributed by atoms with Crippen LogP contribution in [-0.2, 0) is 6.54 Å². The molecule has 1 N–H and O–H groups in total. The molecule has 0 aliphatic carbocycles. The normalized spacial score (nSPS) is 10.3. The highest BCUT2D eigenvalue weighted by molar-refractivity contribution is 7.17. The molecule has 0 unspecified atom stereocenters. The molecule has 0 saturated heterocycles. The van der Waals surface area contributed by atoms with Crippen LogP contribution in [-0.4, -0.2) is 15.5 Å². The second-order valence-electron chi connectivity index (χ2n) is 3.47. The molecule has 2 aromatic rings. The Kier molecular flexibility index (Phi) is 3.78. The van der Waals surface area contributed by atoms with Gasteiger partial charge in [0.05, 0.1) is 11.9 Å². The van der Waals surface area contributed by atoms with Gasteiger partial charge in [-0.1, -0.05) is 22.9 Å². The predicted octanol–water partition coefficient (Wildman–Crippen LogP) is 2.23. The van der Waals surface area contributed by atoms with Crippen molar-refractivity contribution in [1.82, 2.24) is 9.55 Å². The molecule has 5 nitrogen and oxygen atoms in total. The minimum atomic E-state index is -0.291. The van der Waals surface area contributed by atoms with Gasteiger partial charge in [0.1, 0.15) is 4.88 Å². The van der Waals surface area contributed by atoms with Crippen LogP contribution in [0.25, 0.3) is 0 Å². The summed E-state index contributed by atoms with van der Waals surface area (Å²) in [6.07, 6.45) is 3.01. The molecule has 0 radical (unpaired) electrons. The van der Waals surface area contributed by atoms with Crippen LogP contribution in [0.2, 0.25) is 4.47 Å². The Morgan fingerprint density at radius 2 is 2.33 bits per heavy atom. The molecule has 0 bridgehead atoms. The molecule has 0 aromatic carbocycles. The van der Waals surface area contributed by atoms with E-state index in [1.807, 2.05) is 6.92 Å². The third kappa shape index (κ3) is 2.77. The zero-order valence-electron chi connectivity index (χ0n) is 9.51. The Hall–Kier alpha value is -1.66. The van der Waals surface area contributed by atoms with Gasteiger partial charge in [0, 0.05) is 18.8 Å². The maximum atomic E-state index is 11.8. The summed E-state index contributed by atoms with van der Waals surface area (Å²) in [6.45, 7) is 2.41. The van der Waals surface area contributed by atoms with Gasteiger partial charge in [-0.2, -0.15) is 0 Å². The molecule has 7 heteroatoms. The summed E-state index contributed by atoms with van der Waals surface area (Å²) in [5.41, 5.74) is 0.460. The topological polar surface area (TPSA) is 64.0 Å². The largest absolute Gasteiger partial charge is 0.320 e. The molecular weight excluding hydrogens is 274 g/mol. The predicted molar refractivity (Wildman–Crippen MR) is 71.5 cm³/mol. The summed E-state index contributed by atoms with van der Waals surface area (Å²) in [4.78, 5) is 27.4. The number of aromatic nitrogens is 2. The van der Waals surface area contributed by atoms with E-state index in [0.29, 0.717) is 21.6 Å². The second-order valence-corrected chi connectivity index (χ2v) is 5.09. The summed E-state index contributed by atoms with van der Waals surface area (Å²) in [5.74, 6) is -0.291. The van der Waals surface area contributed by atoms with Crippen molar-refractivity contribution in [2.75, 3.05) is 5.32 Å². The van der Waals surface area contributed by atoms with E-state index in [4.69, 9.17) is 11.6 Å². The monoisotopic (exact) mass is 283 g/mol. The summed E-state index contributed by atoms with van der Waals surface area (Å²) in [5, 5.41) is 2.69. The first-order valence-electron chi connectivity index (χ1n) is 5.23. The number of amides is 1. The van der Waals surface area contributed by atoms with Crippen LogP contribution in [0.3, 0.4) is 0 Å². The van der Waals surface area contributed by atoms with Gasteiger partial charge in [-0.25, -0.2) is 4.98 Å². The van der Waals surface area contributed by atoms with Crippen LogP contribution in [0.5, 0.6) is 0 Å². The molecule has 2 aromatic heterocycles. The van der Waals surface area contributed by atoms with Crippen molar-refractivity contribution in [1.29, 1.82) is 0 Å². The van der Waals surface area contributed by atoms with Crippen molar-refractivity contribution in [3.05, 3.63) is 44.2 Å². The number of nitrogens with zero attached hydrogens (tertiary/aromatic N) is 2. The quantitative estimate of drug-likeness (QED) is 0.939. The summed E-state index contributed by atoms with van der Waals surface area (Å²) in [7, 11) is 0. The Bertz CT molecular complexity index is 635. The number of hydrogen-bond acceptors (Lipinski definition) is 4. The summed E-state index contributed by atoms with van der Waals surface area (Å²) in [6, 6.07) is 2.98. The van der Waals surface area contributed by atoms with E-state index in [0.717, 1.165) is 11.3 Å². The molecule has 0 spiro atoms. The van der Waals surface area contributed by atoms with E-state index in [1.165, 1.54) is 16.8 Å². The van der Waals surface area contributed by atoms with Crippen molar-refractivity contribution >= 4 is 34.5 Å². The maximum absolute atomic E-state index is 11.8. The zero-order valence-corrected chi connectivity index (χ0v) is 11.1. The standard InChI is InChI=1S/C11H10ClN3O2S/c1-2-15-6-7(3-4-9(15)16)14-10(17)8-5-13-11(12)18-8/h3-6H,2H2,1H3,(H,14,17). The fraction of sp³-hybridized carbons (Fsp3) is 0.182. The number of halogens is 1. The van der Waals surface area contributed by atoms with E-state index >= 15 is 0 Å². The van der Waals surface area contributed by atoms with Crippen LogP contribution >= 0.6 is 22.9 Å². The number of carbonyl (C=O) groups is 1. The van der Waals surface area contributed by atoms with Crippen LogP contribution in [0.15, 0.2) is 29.3 Å². The van der Waals surface area contributed by atoms with E-state index < -0.39 is 0 Å². The Morgan fingerprint density at radius 1 is 1.56 bits per heavy atom. The number of aryl methyl sites for hydroxylation is 1. The fourth-order valence-electron chi connectivity index (χ4n) is 1.40. The maximum Gasteiger partial charge on any atom is 0.267 e. The van der Waals surface area contributed by atoms with Gasteiger partial charge < -0.3 is 9.88 Å². The molecule has 0 aliphatic heterocycles. The third-order valence-corrected chi connectivity index (χ3v) is 3.40. The highest BCUT2D eigenvalue weighted by atomic mass is 35.5. The number of hydrogen-bond donors (Lipinski definition) is 1. The Morgan fingerprint density at radius 3 is 2.94 bits per heavy atom. The smallest absolute Gasteiger partial charge is 0.267 e. The van der Waals surface area contributed by atoms with Gasteiger partial charge in [-0.05, 0) is 13.0 Å². The number of rotatable bonds is 3. The van der Waals surface area contributed by atoms with Crippen LogP contribution in [0, 0.1) is 0 Å². The second kappa shape index (κ2) is 5.32. The fourth-order valence-corrected chi connectivity index (χ4v) is 2.24. The lowest BCUT2D eigenvalue weighted by Gasteiger charge is -2.06. The van der Waals surface area contributed by atoms with Crippen LogP contribution < -0.4 is 10.9 Å². The highest BCUT2D eigenvalue weighted by Gasteiger charge is 2.10. The van der Waals surface area contributed by atoms with Gasteiger partial charge in [0.15, 0.2) is 4.47 Å². The molecule has 0 atom stereocenters. The van der Waals surface area contributed by atoms with Crippen molar-refractivity contribution in [2.24, 2.45) is 0 Å². The van der Waals surface area contributed by atoms with Gasteiger partial charge in [0.25, 0.3) is 11.5 Å². The number of anilines is 1. The molecule has 0 fully saturated rings. The average molecular weight is 284 g/mol. The van der Waals surface area contributed by atoms with Crippen molar-refractivity contribution in [3.63, 3.8) is 0 Å². The highest BCUT2D eigenvalue weighted by Crippen LogP contribution is 2.18. The Labute approximate surface area is 112 Å². The molecule has 0 saturated carbocycles. The summed E-state index contributed by atoms with van der Waals surface area (Å²) < 4.78 is 1.83. The molecular formula is C11H10ClN3O2S. The minimum Gasteiger partial charge on any atom is -0.320 e. The summed E-state index contributed by atoms with van der Waals surface area (Å²) >= 11 is 6.76. The zero-order chi connectivity index (χ0) is 13.1. The molecule has 0 aliphatic rings. The van der Waals surface area contributed by atoms with Gasteiger partial charge in [-0.3, -0.25) is 9.59 Å². The van der Waals surface area contributed by atoms with Crippen molar-refractivity contribution in [3.8, 4) is 0 Å². The molecule has 1 amide bonds. The van der Waals surface area contributed by atoms with E-state index in [9.17, 15) is 9.59 Å². The molecule has 2 heterocycles. The number of thiazole rings is 1.